The van der Waals surface area contributed by atoms with Crippen LogP contribution in [0, 0.1) is 11.3 Å². The van der Waals surface area contributed by atoms with Gasteiger partial charge in [0.05, 0.1) is 31.4 Å². The topological polar surface area (TPSA) is 140 Å². The number of carbonyl (C=O) groups is 1. The van der Waals surface area contributed by atoms with E-state index in [0.717, 1.165) is 45.1 Å². The van der Waals surface area contributed by atoms with Gasteiger partial charge in [0.1, 0.15) is 29.9 Å². The smallest absolute Gasteiger partial charge is 0.254 e. The summed E-state index contributed by atoms with van der Waals surface area (Å²) >= 11 is 0. The van der Waals surface area contributed by atoms with Crippen molar-refractivity contribution in [1.82, 2.24) is 24.8 Å². The van der Waals surface area contributed by atoms with Crippen LogP contribution in [0.15, 0.2) is 48.8 Å². The largest absolute Gasteiger partial charge is 0.486 e. The maximum atomic E-state index is 15.0. The predicted octanol–water partition coefficient (Wildman–Crippen LogP) is 2.52. The summed E-state index contributed by atoms with van der Waals surface area (Å²) in [6, 6.07) is 15.8. The maximum absolute atomic E-state index is 15.0. The van der Waals surface area contributed by atoms with Crippen LogP contribution >= 0.6 is 0 Å². The molecule has 4 fully saturated rings. The quantitative estimate of drug-likeness (QED) is 0.387. The van der Waals surface area contributed by atoms with Crippen molar-refractivity contribution in [2.75, 3.05) is 62.7 Å². The van der Waals surface area contributed by atoms with Crippen molar-refractivity contribution in [3.8, 4) is 23.2 Å². The zero-order valence-electron chi connectivity index (χ0n) is 24.8. The van der Waals surface area contributed by atoms with Crippen LogP contribution in [0.4, 0.5) is 21.7 Å². The van der Waals surface area contributed by atoms with Gasteiger partial charge in [-0.25, -0.2) is 14.4 Å². The monoisotopic (exact) mass is 614 g/mol. The molecule has 0 spiro atoms. The van der Waals surface area contributed by atoms with E-state index in [1.165, 1.54) is 16.9 Å². The minimum atomic E-state index is -1.44. The molecule has 45 heavy (non-hydrogen) atoms. The minimum Gasteiger partial charge on any atom is -0.486 e. The summed E-state index contributed by atoms with van der Waals surface area (Å²) in [5, 5.41) is 23.2. The number of halogens is 1. The highest BCUT2D eigenvalue weighted by molar-refractivity contribution is 5.88. The van der Waals surface area contributed by atoms with Gasteiger partial charge in [0, 0.05) is 56.1 Å². The van der Waals surface area contributed by atoms with E-state index in [2.05, 4.69) is 48.3 Å². The van der Waals surface area contributed by atoms with E-state index in [1.54, 1.807) is 18.2 Å². The summed E-state index contributed by atoms with van der Waals surface area (Å²) in [5.74, 6) is 0.564. The van der Waals surface area contributed by atoms with Gasteiger partial charge in [0.25, 0.3) is 5.91 Å². The normalized spacial score (nSPS) is 23.1. The second-order valence-corrected chi connectivity index (χ2v) is 12.1. The number of hydrogen-bond acceptors (Lipinski definition) is 11. The number of nitriles is 1. The molecular formula is C32H35FN8O4. The van der Waals surface area contributed by atoms with Crippen LogP contribution in [0.5, 0.6) is 5.75 Å². The molecule has 234 valence electrons. The molecule has 3 saturated heterocycles. The molecule has 1 saturated carbocycles. The molecule has 2 aromatic carbocycles. The number of nitrogens with one attached hydrogen (secondary N) is 1. The van der Waals surface area contributed by atoms with Crippen LogP contribution in [0.2, 0.25) is 0 Å². The fourth-order valence-corrected chi connectivity index (χ4v) is 6.01. The van der Waals surface area contributed by atoms with Gasteiger partial charge in [0.2, 0.25) is 5.95 Å². The summed E-state index contributed by atoms with van der Waals surface area (Å²) < 4.78 is 26.3. The summed E-state index contributed by atoms with van der Waals surface area (Å²) in [6.45, 7) is 5.85. The Morgan fingerprint density at radius 1 is 1.09 bits per heavy atom. The van der Waals surface area contributed by atoms with E-state index in [0.29, 0.717) is 36.2 Å². The molecule has 0 unspecified atom stereocenters. The van der Waals surface area contributed by atoms with Crippen LogP contribution in [-0.4, -0.2) is 112 Å². The molecule has 13 heteroatoms. The SMILES string of the molecule is N#Cc1cc(-c2ncnc(Nc3ccc(N4CCN(C5COC5)CC4)cc3)n2)ccc1O[C@H]1CCN(C(=O)C2(O)CC2)C[C@@H]1F. The number of nitrogens with zero attached hydrogens (tertiary/aromatic N) is 7. The Balaban J connectivity index is 0.969. The number of anilines is 3. The molecule has 2 N–H and O–H groups in total. The number of amides is 1. The third kappa shape index (κ3) is 6.26. The second-order valence-electron chi connectivity index (χ2n) is 12.1. The number of likely N-dealkylation sites (tertiary alicyclic amines) is 1. The number of benzene rings is 2. The molecule has 1 aromatic heterocycles. The average molecular weight is 615 g/mol. The van der Waals surface area contributed by atoms with E-state index in [1.807, 2.05) is 12.1 Å². The Morgan fingerprint density at radius 2 is 1.87 bits per heavy atom. The van der Waals surface area contributed by atoms with Gasteiger partial charge in [0.15, 0.2) is 12.0 Å². The summed E-state index contributed by atoms with van der Waals surface area (Å²) in [6.07, 6.45) is 0.235. The Kier molecular flexibility index (Phi) is 7.95. The van der Waals surface area contributed by atoms with E-state index in [9.17, 15) is 15.2 Å². The fraction of sp³-hybridized carbons (Fsp3) is 0.469. The highest BCUT2D eigenvalue weighted by atomic mass is 19.1. The number of ether oxygens (including phenoxy) is 2. The van der Waals surface area contributed by atoms with Gasteiger partial charge < -0.3 is 29.7 Å². The summed E-state index contributed by atoms with van der Waals surface area (Å²) in [5.41, 5.74) is 1.48. The number of aromatic nitrogens is 3. The van der Waals surface area contributed by atoms with Gasteiger partial charge in [-0.05, 0) is 55.3 Å². The zero-order chi connectivity index (χ0) is 31.0. The van der Waals surface area contributed by atoms with Crippen LogP contribution in [0.1, 0.15) is 24.8 Å². The number of rotatable bonds is 8. The first kappa shape index (κ1) is 29.3. The molecule has 2 atom stereocenters. The van der Waals surface area contributed by atoms with E-state index in [4.69, 9.17) is 9.47 Å². The third-order valence-corrected chi connectivity index (χ3v) is 9.04. The first-order chi connectivity index (χ1) is 21.9. The number of alkyl halides is 1. The van der Waals surface area contributed by atoms with Crippen molar-refractivity contribution >= 4 is 23.2 Å². The predicted molar refractivity (Wildman–Crippen MR) is 163 cm³/mol. The van der Waals surface area contributed by atoms with E-state index in [-0.39, 0.29) is 30.8 Å². The third-order valence-electron chi connectivity index (χ3n) is 9.04. The van der Waals surface area contributed by atoms with Crippen molar-refractivity contribution < 1.29 is 23.8 Å². The molecule has 1 aliphatic carbocycles. The second kappa shape index (κ2) is 12.2. The van der Waals surface area contributed by atoms with Gasteiger partial charge >= 0.3 is 0 Å². The Labute approximate surface area is 260 Å². The Morgan fingerprint density at radius 3 is 2.53 bits per heavy atom. The number of piperazine rings is 1. The summed E-state index contributed by atoms with van der Waals surface area (Å²) in [7, 11) is 0. The van der Waals surface area contributed by atoms with E-state index >= 15 is 4.39 Å². The lowest BCUT2D eigenvalue weighted by atomic mass is 10.0. The molecule has 12 nitrogen and oxygen atoms in total. The van der Waals surface area contributed by atoms with Crippen LogP contribution in [-0.2, 0) is 9.53 Å². The van der Waals surface area contributed by atoms with Crippen molar-refractivity contribution in [3.05, 3.63) is 54.4 Å². The zero-order valence-corrected chi connectivity index (χ0v) is 24.8. The minimum absolute atomic E-state index is 0.150. The molecule has 1 amide bonds. The first-order valence-corrected chi connectivity index (χ1v) is 15.4. The molecule has 0 radical (unpaired) electrons. The summed E-state index contributed by atoms with van der Waals surface area (Å²) in [4.78, 5) is 31.7. The van der Waals surface area contributed by atoms with Crippen LogP contribution in [0.25, 0.3) is 11.4 Å². The van der Waals surface area contributed by atoms with Crippen molar-refractivity contribution in [2.24, 2.45) is 0 Å². The molecule has 4 heterocycles. The number of carbonyl (C=O) groups excluding carboxylic acids is 1. The van der Waals surface area contributed by atoms with Gasteiger partial charge in [-0.2, -0.15) is 10.2 Å². The van der Waals surface area contributed by atoms with Gasteiger partial charge in [-0.3, -0.25) is 9.69 Å². The standard InChI is InChI=1S/C32H35FN8O4/c33-26-17-41(30(42)32(43)8-9-32)10-7-28(26)45-27-6-1-21(15-22(27)16-34)29-35-20-36-31(38-29)37-23-2-4-24(5-3-23)39-11-13-40(14-12-39)25-18-44-19-25/h1-6,15,20,25-26,28,43H,7-14,17-19H2,(H,35,36,37,38)/t26-,28-/m0/s1. The van der Waals surface area contributed by atoms with Gasteiger partial charge in [-0.1, -0.05) is 0 Å². The Hall–Kier alpha value is -4.38. The molecule has 3 aromatic rings. The first-order valence-electron chi connectivity index (χ1n) is 15.4. The van der Waals surface area contributed by atoms with Crippen LogP contribution < -0.4 is 15.0 Å². The number of aliphatic hydroxyl groups is 1. The van der Waals surface area contributed by atoms with Crippen molar-refractivity contribution in [1.29, 1.82) is 5.26 Å². The molecular weight excluding hydrogens is 579 g/mol. The fourth-order valence-electron chi connectivity index (χ4n) is 6.01. The van der Waals surface area contributed by atoms with Crippen molar-refractivity contribution in [3.63, 3.8) is 0 Å². The molecule has 3 aliphatic heterocycles. The molecule has 4 aliphatic rings. The lowest BCUT2D eigenvalue weighted by molar-refractivity contribution is -0.146. The van der Waals surface area contributed by atoms with Crippen LogP contribution in [0.3, 0.4) is 0 Å². The van der Waals surface area contributed by atoms with Gasteiger partial charge in [-0.15, -0.1) is 0 Å². The maximum Gasteiger partial charge on any atom is 0.254 e. The highest BCUT2D eigenvalue weighted by Gasteiger charge is 2.51. The highest BCUT2D eigenvalue weighted by Crippen LogP contribution is 2.38. The molecule has 7 rings (SSSR count). The number of piperidine rings is 1. The average Bonchev–Trinajstić information content (AvgIpc) is 3.80. The lowest BCUT2D eigenvalue weighted by Gasteiger charge is -2.43. The Bertz CT molecular complexity index is 1580. The molecule has 0 bridgehead atoms. The number of hydrogen-bond donors (Lipinski definition) is 2. The van der Waals surface area contributed by atoms with E-state index < -0.39 is 23.8 Å². The van der Waals surface area contributed by atoms with Crippen molar-refractivity contribution in [2.45, 2.75) is 43.2 Å². The lowest BCUT2D eigenvalue weighted by Crippen LogP contribution is -2.56.